The summed E-state index contributed by atoms with van der Waals surface area (Å²) in [5, 5.41) is 6.24. The highest BCUT2D eigenvalue weighted by Crippen LogP contribution is 2.21. The molecule has 1 atom stereocenters. The van der Waals surface area contributed by atoms with Crippen LogP contribution in [0.15, 0.2) is 23.2 Å². The van der Waals surface area contributed by atoms with Crippen molar-refractivity contribution in [1.82, 2.24) is 15.5 Å². The molecule has 1 aromatic carbocycles. The molecular weight excluding hydrogens is 374 g/mol. The number of benzene rings is 1. The van der Waals surface area contributed by atoms with Crippen LogP contribution in [0.4, 0.5) is 23.2 Å². The third kappa shape index (κ3) is 6.54. The van der Waals surface area contributed by atoms with Crippen LogP contribution in [0.2, 0.25) is 0 Å². The van der Waals surface area contributed by atoms with Crippen LogP contribution in [-0.4, -0.2) is 62.8 Å². The van der Waals surface area contributed by atoms with Crippen molar-refractivity contribution >= 4 is 11.6 Å². The monoisotopic (exact) mass is 403 g/mol. The fourth-order valence-corrected chi connectivity index (χ4v) is 3.40. The molecule has 1 aliphatic rings. The molecule has 0 saturated carbocycles. The van der Waals surface area contributed by atoms with E-state index >= 15 is 0 Å². The molecule has 1 heterocycles. The van der Waals surface area contributed by atoms with E-state index < -0.39 is 12.7 Å². The molecule has 28 heavy (non-hydrogen) atoms. The van der Waals surface area contributed by atoms with E-state index in [1.54, 1.807) is 13.1 Å². The molecule has 0 aromatic heterocycles. The van der Waals surface area contributed by atoms with Crippen molar-refractivity contribution in [2.24, 2.45) is 4.99 Å². The Morgan fingerprint density at radius 3 is 2.57 bits per heavy atom. The molecule has 0 spiro atoms. The lowest BCUT2D eigenvalue weighted by Gasteiger charge is -2.22. The molecule has 1 fully saturated rings. The van der Waals surface area contributed by atoms with E-state index in [-0.39, 0.29) is 11.9 Å². The molecule has 1 unspecified atom stereocenters. The summed E-state index contributed by atoms with van der Waals surface area (Å²) in [6, 6.07) is 5.02. The minimum absolute atomic E-state index is 0.102. The number of rotatable bonds is 7. The van der Waals surface area contributed by atoms with Crippen LogP contribution < -0.4 is 15.5 Å². The second kappa shape index (κ2) is 9.95. The van der Waals surface area contributed by atoms with E-state index in [1.165, 1.54) is 11.0 Å². The van der Waals surface area contributed by atoms with E-state index in [9.17, 15) is 17.6 Å². The van der Waals surface area contributed by atoms with Crippen LogP contribution in [0.5, 0.6) is 0 Å². The second-order valence-corrected chi connectivity index (χ2v) is 6.86. The summed E-state index contributed by atoms with van der Waals surface area (Å²) in [6.45, 7) is 5.60. The summed E-state index contributed by atoms with van der Waals surface area (Å²) in [6.07, 6.45) is -3.57. The zero-order valence-electron chi connectivity index (χ0n) is 16.6. The number of anilines is 1. The lowest BCUT2D eigenvalue weighted by atomic mass is 10.1. The average Bonchev–Trinajstić information content (AvgIpc) is 3.06. The highest BCUT2D eigenvalue weighted by atomic mass is 19.4. The van der Waals surface area contributed by atoms with E-state index in [4.69, 9.17) is 0 Å². The fourth-order valence-electron chi connectivity index (χ4n) is 3.40. The van der Waals surface area contributed by atoms with Gasteiger partial charge in [0, 0.05) is 45.8 Å². The van der Waals surface area contributed by atoms with Gasteiger partial charge in [0.2, 0.25) is 0 Å². The van der Waals surface area contributed by atoms with Crippen molar-refractivity contribution in [3.8, 4) is 0 Å². The zero-order chi connectivity index (χ0) is 20.7. The summed E-state index contributed by atoms with van der Waals surface area (Å²) < 4.78 is 51.9. The van der Waals surface area contributed by atoms with Gasteiger partial charge in [-0.3, -0.25) is 9.89 Å². The molecular formula is C19H29F4N5. The first kappa shape index (κ1) is 22.3. The number of likely N-dealkylation sites (tertiary alicyclic amines) is 1. The summed E-state index contributed by atoms with van der Waals surface area (Å²) in [5.74, 6) is 0.219. The largest absolute Gasteiger partial charge is 0.401 e. The Morgan fingerprint density at radius 2 is 2.00 bits per heavy atom. The predicted molar refractivity (Wildman–Crippen MR) is 104 cm³/mol. The quantitative estimate of drug-likeness (QED) is 0.417. The number of halogens is 4. The van der Waals surface area contributed by atoms with Gasteiger partial charge in [-0.05, 0) is 38.0 Å². The van der Waals surface area contributed by atoms with Crippen molar-refractivity contribution < 1.29 is 17.6 Å². The van der Waals surface area contributed by atoms with Crippen LogP contribution in [0.25, 0.3) is 0 Å². The molecule has 0 bridgehead atoms. The molecule has 9 heteroatoms. The van der Waals surface area contributed by atoms with Gasteiger partial charge in [-0.15, -0.1) is 0 Å². The second-order valence-electron chi connectivity index (χ2n) is 6.86. The minimum atomic E-state index is -4.18. The fraction of sp³-hybridized carbons (Fsp3) is 0.632. The first-order chi connectivity index (χ1) is 13.3. The Morgan fingerprint density at radius 1 is 1.29 bits per heavy atom. The normalized spacial score (nSPS) is 18.4. The van der Waals surface area contributed by atoms with Crippen LogP contribution in [0, 0.1) is 5.82 Å². The SMILES string of the molecule is CCN(CC)c1ccc(CNC(=NC)NC2CCN(CC(F)(F)F)C2)cc1F. The molecule has 158 valence electrons. The standard InChI is InChI=1S/C19H29F4N5/c1-4-28(5-2)17-7-6-14(10-16(17)20)11-25-18(24-3)26-15-8-9-27(12-15)13-19(21,22)23/h6-7,10,15H,4-5,8-9,11-13H2,1-3H3,(H2,24,25,26). The highest BCUT2D eigenvalue weighted by molar-refractivity contribution is 5.80. The van der Waals surface area contributed by atoms with Gasteiger partial charge in [0.05, 0.1) is 12.2 Å². The van der Waals surface area contributed by atoms with Gasteiger partial charge in [-0.1, -0.05) is 6.07 Å². The molecule has 1 saturated heterocycles. The van der Waals surface area contributed by atoms with E-state index in [0.717, 1.165) is 18.7 Å². The highest BCUT2D eigenvalue weighted by Gasteiger charge is 2.34. The number of hydrogen-bond donors (Lipinski definition) is 2. The van der Waals surface area contributed by atoms with Gasteiger partial charge < -0.3 is 15.5 Å². The van der Waals surface area contributed by atoms with E-state index in [2.05, 4.69) is 15.6 Å². The predicted octanol–water partition coefficient (Wildman–Crippen LogP) is 2.97. The van der Waals surface area contributed by atoms with Crippen molar-refractivity contribution in [2.45, 2.75) is 39.0 Å². The van der Waals surface area contributed by atoms with Gasteiger partial charge in [-0.2, -0.15) is 13.2 Å². The minimum Gasteiger partial charge on any atom is -0.370 e. The summed E-state index contributed by atoms with van der Waals surface area (Å²) in [5.41, 5.74) is 1.34. The maximum atomic E-state index is 14.4. The van der Waals surface area contributed by atoms with Crippen molar-refractivity contribution in [1.29, 1.82) is 0 Å². The lowest BCUT2D eigenvalue weighted by molar-refractivity contribution is -0.143. The smallest absolute Gasteiger partial charge is 0.370 e. The third-order valence-corrected chi connectivity index (χ3v) is 4.82. The Balaban J connectivity index is 1.87. The van der Waals surface area contributed by atoms with Gasteiger partial charge in [-0.25, -0.2) is 4.39 Å². The van der Waals surface area contributed by atoms with Crippen LogP contribution in [0.3, 0.4) is 0 Å². The topological polar surface area (TPSA) is 42.9 Å². The van der Waals surface area contributed by atoms with E-state index in [1.807, 2.05) is 24.8 Å². The Bertz CT molecular complexity index is 658. The third-order valence-electron chi connectivity index (χ3n) is 4.82. The summed E-state index contributed by atoms with van der Waals surface area (Å²) >= 11 is 0. The van der Waals surface area contributed by atoms with Gasteiger partial charge in [0.15, 0.2) is 5.96 Å². The Kier molecular flexibility index (Phi) is 7.91. The molecule has 1 aromatic rings. The Labute approximate surface area is 163 Å². The average molecular weight is 403 g/mol. The van der Waals surface area contributed by atoms with Crippen molar-refractivity contribution in [3.63, 3.8) is 0 Å². The molecule has 2 rings (SSSR count). The molecule has 0 radical (unpaired) electrons. The van der Waals surface area contributed by atoms with Gasteiger partial charge >= 0.3 is 6.18 Å². The van der Waals surface area contributed by atoms with Gasteiger partial charge in [0.25, 0.3) is 0 Å². The number of aliphatic imine (C=N–C) groups is 1. The number of alkyl halides is 3. The maximum absolute atomic E-state index is 14.4. The Hall–Kier alpha value is -2.03. The van der Waals surface area contributed by atoms with Crippen molar-refractivity contribution in [3.05, 3.63) is 29.6 Å². The first-order valence-corrected chi connectivity index (χ1v) is 9.55. The number of guanidine groups is 1. The van der Waals surface area contributed by atoms with Gasteiger partial charge in [0.1, 0.15) is 5.82 Å². The molecule has 0 aliphatic carbocycles. The molecule has 1 aliphatic heterocycles. The van der Waals surface area contributed by atoms with E-state index in [0.29, 0.717) is 37.7 Å². The van der Waals surface area contributed by atoms with Crippen LogP contribution in [0.1, 0.15) is 25.8 Å². The number of hydrogen-bond acceptors (Lipinski definition) is 3. The number of nitrogens with zero attached hydrogens (tertiary/aromatic N) is 3. The number of nitrogens with one attached hydrogen (secondary N) is 2. The van der Waals surface area contributed by atoms with Crippen LogP contribution in [-0.2, 0) is 6.54 Å². The first-order valence-electron chi connectivity index (χ1n) is 9.55. The van der Waals surface area contributed by atoms with Crippen LogP contribution >= 0.6 is 0 Å². The summed E-state index contributed by atoms with van der Waals surface area (Å²) in [4.78, 5) is 7.44. The summed E-state index contributed by atoms with van der Waals surface area (Å²) in [7, 11) is 1.60. The molecule has 0 amide bonds. The lowest BCUT2D eigenvalue weighted by Crippen LogP contribution is -2.44. The van der Waals surface area contributed by atoms with Crippen molar-refractivity contribution in [2.75, 3.05) is 44.7 Å². The zero-order valence-corrected chi connectivity index (χ0v) is 16.6. The molecule has 5 nitrogen and oxygen atoms in total. The molecule has 2 N–H and O–H groups in total. The maximum Gasteiger partial charge on any atom is 0.401 e.